The van der Waals surface area contributed by atoms with Gasteiger partial charge in [-0.05, 0) is 6.26 Å². The number of imidazole rings is 1. The number of hydrogen-bond donors (Lipinski definition) is 0. The Bertz CT molecular complexity index is 261. The van der Waals surface area contributed by atoms with Crippen molar-refractivity contribution < 1.29 is 4.57 Å². The van der Waals surface area contributed by atoms with Crippen LogP contribution < -0.4 is 4.57 Å². The molecule has 1 aromatic rings. The van der Waals surface area contributed by atoms with Gasteiger partial charge in [-0.15, -0.1) is 11.8 Å². The van der Waals surface area contributed by atoms with Crippen molar-refractivity contribution in [3.63, 3.8) is 0 Å². The molecule has 3 nitrogen and oxygen atoms in total. The molecule has 0 aromatic carbocycles. The number of rotatable bonds is 3. The first-order valence-corrected chi connectivity index (χ1v) is 4.67. The normalized spacial score (nSPS) is 9.45. The molecule has 1 rings (SSSR count). The van der Waals surface area contributed by atoms with E-state index in [1.165, 1.54) is 0 Å². The van der Waals surface area contributed by atoms with Crippen LogP contribution in [0.4, 0.5) is 0 Å². The van der Waals surface area contributed by atoms with Crippen molar-refractivity contribution in [2.24, 2.45) is 0 Å². The predicted octanol–water partition coefficient (Wildman–Crippen LogP) is 0.620. The fourth-order valence-electron chi connectivity index (χ4n) is 0.839. The zero-order valence-corrected chi connectivity index (χ0v) is 7.21. The third-order valence-corrected chi connectivity index (χ3v) is 1.83. The van der Waals surface area contributed by atoms with Gasteiger partial charge in [-0.3, -0.25) is 0 Å². The van der Waals surface area contributed by atoms with Gasteiger partial charge in [-0.1, -0.05) is 0 Å². The SMILES string of the molecule is CSC[n+]1ccn(CC#N)c1. The minimum absolute atomic E-state index is 0.432. The molecule has 0 unspecified atom stereocenters. The molecular formula is C7H10N3S+. The first-order chi connectivity index (χ1) is 5.36. The van der Waals surface area contributed by atoms with Crippen LogP contribution in [-0.2, 0) is 12.4 Å². The van der Waals surface area contributed by atoms with Crippen LogP contribution in [0.1, 0.15) is 0 Å². The lowest BCUT2D eigenvalue weighted by molar-refractivity contribution is -0.675. The van der Waals surface area contributed by atoms with Gasteiger partial charge < -0.3 is 0 Å². The summed E-state index contributed by atoms with van der Waals surface area (Å²) in [5.74, 6) is 0.943. The van der Waals surface area contributed by atoms with Crippen LogP contribution in [0.15, 0.2) is 18.7 Å². The van der Waals surface area contributed by atoms with Crippen molar-refractivity contribution >= 4 is 11.8 Å². The first-order valence-electron chi connectivity index (χ1n) is 3.27. The molecule has 58 valence electrons. The predicted molar refractivity (Wildman–Crippen MR) is 43.8 cm³/mol. The largest absolute Gasteiger partial charge is 0.245 e. The van der Waals surface area contributed by atoms with Crippen molar-refractivity contribution in [3.05, 3.63) is 18.7 Å². The van der Waals surface area contributed by atoms with Crippen molar-refractivity contribution in [1.29, 1.82) is 5.26 Å². The molecule has 0 radical (unpaired) electrons. The Hall–Kier alpha value is -0.950. The maximum Gasteiger partial charge on any atom is 0.245 e. The maximum absolute atomic E-state index is 8.37. The molecule has 1 heterocycles. The summed E-state index contributed by atoms with van der Waals surface area (Å²) >= 11 is 1.75. The van der Waals surface area contributed by atoms with Crippen LogP contribution in [0, 0.1) is 11.3 Å². The third-order valence-electron chi connectivity index (χ3n) is 1.28. The number of nitrogens with zero attached hydrogens (tertiary/aromatic N) is 3. The van der Waals surface area contributed by atoms with E-state index in [2.05, 4.69) is 12.3 Å². The summed E-state index contributed by atoms with van der Waals surface area (Å²) in [6, 6.07) is 2.08. The van der Waals surface area contributed by atoms with Crippen LogP contribution in [-0.4, -0.2) is 10.8 Å². The molecule has 0 aliphatic carbocycles. The monoisotopic (exact) mass is 168 g/mol. The first kappa shape index (κ1) is 8.15. The quantitative estimate of drug-likeness (QED) is 0.620. The highest BCUT2D eigenvalue weighted by molar-refractivity contribution is 7.97. The van der Waals surface area contributed by atoms with Crippen molar-refractivity contribution in [1.82, 2.24) is 4.57 Å². The van der Waals surface area contributed by atoms with Gasteiger partial charge in [0, 0.05) is 0 Å². The van der Waals surface area contributed by atoms with E-state index in [-0.39, 0.29) is 0 Å². The number of nitriles is 1. The highest BCUT2D eigenvalue weighted by atomic mass is 32.2. The average Bonchev–Trinajstić information content (AvgIpc) is 2.38. The second kappa shape index (κ2) is 4.04. The van der Waals surface area contributed by atoms with Crippen LogP contribution in [0.25, 0.3) is 0 Å². The summed E-state index contributed by atoms with van der Waals surface area (Å²) in [7, 11) is 0. The Morgan fingerprint density at radius 3 is 3.18 bits per heavy atom. The molecule has 11 heavy (non-hydrogen) atoms. The Morgan fingerprint density at radius 1 is 1.73 bits per heavy atom. The van der Waals surface area contributed by atoms with E-state index < -0.39 is 0 Å². The van der Waals surface area contributed by atoms with Crippen LogP contribution in [0.2, 0.25) is 0 Å². The molecule has 0 N–H and O–H groups in total. The molecule has 0 aliphatic rings. The van der Waals surface area contributed by atoms with Crippen molar-refractivity contribution in [3.8, 4) is 6.07 Å². The molecule has 0 saturated carbocycles. The summed E-state index contributed by atoms with van der Waals surface area (Å²) in [6.07, 6.45) is 7.85. The second-order valence-corrected chi connectivity index (χ2v) is 3.01. The highest BCUT2D eigenvalue weighted by Crippen LogP contribution is 1.90. The van der Waals surface area contributed by atoms with E-state index in [1.54, 1.807) is 11.8 Å². The molecule has 0 saturated heterocycles. The number of aromatic nitrogens is 2. The van der Waals surface area contributed by atoms with Gasteiger partial charge in [0.05, 0.1) is 0 Å². The van der Waals surface area contributed by atoms with Crippen molar-refractivity contribution in [2.45, 2.75) is 12.4 Å². The van der Waals surface area contributed by atoms with E-state index in [4.69, 9.17) is 5.26 Å². The molecule has 0 amide bonds. The van der Waals surface area contributed by atoms with E-state index in [0.29, 0.717) is 6.54 Å². The minimum Gasteiger partial charge on any atom is -0.227 e. The van der Waals surface area contributed by atoms with Gasteiger partial charge in [-0.2, -0.15) is 5.26 Å². The summed E-state index contributed by atoms with van der Waals surface area (Å²) in [4.78, 5) is 0. The van der Waals surface area contributed by atoms with Crippen LogP contribution >= 0.6 is 11.8 Å². The molecular weight excluding hydrogens is 158 g/mol. The Morgan fingerprint density at radius 2 is 2.55 bits per heavy atom. The van der Waals surface area contributed by atoms with E-state index >= 15 is 0 Å². The molecule has 0 bridgehead atoms. The van der Waals surface area contributed by atoms with Gasteiger partial charge in [0.2, 0.25) is 6.33 Å². The zero-order chi connectivity index (χ0) is 8.10. The summed E-state index contributed by atoms with van der Waals surface area (Å²) < 4.78 is 3.90. The Labute approximate surface area is 70.3 Å². The minimum atomic E-state index is 0.432. The van der Waals surface area contributed by atoms with Crippen LogP contribution in [0.5, 0.6) is 0 Å². The highest BCUT2D eigenvalue weighted by Gasteiger charge is 2.00. The van der Waals surface area contributed by atoms with Gasteiger partial charge in [0.1, 0.15) is 24.3 Å². The molecule has 0 spiro atoms. The van der Waals surface area contributed by atoms with Crippen LogP contribution in [0.3, 0.4) is 0 Å². The second-order valence-electron chi connectivity index (χ2n) is 2.18. The van der Waals surface area contributed by atoms with E-state index in [9.17, 15) is 0 Å². The third kappa shape index (κ3) is 2.28. The lowest BCUT2D eigenvalue weighted by Gasteiger charge is -1.87. The van der Waals surface area contributed by atoms with Gasteiger partial charge in [0.15, 0.2) is 6.54 Å². The number of thioether (sulfide) groups is 1. The van der Waals surface area contributed by atoms with Crippen molar-refractivity contribution in [2.75, 3.05) is 6.26 Å². The van der Waals surface area contributed by atoms with E-state index in [0.717, 1.165) is 5.88 Å². The molecule has 0 fully saturated rings. The summed E-state index contributed by atoms with van der Waals surface area (Å²) in [6.45, 7) is 0.432. The molecule has 1 aromatic heterocycles. The smallest absolute Gasteiger partial charge is 0.227 e. The van der Waals surface area contributed by atoms with Gasteiger partial charge in [-0.25, -0.2) is 9.13 Å². The average molecular weight is 168 g/mol. The summed E-state index contributed by atoms with van der Waals surface area (Å²) in [5, 5.41) is 8.37. The lowest BCUT2D eigenvalue weighted by atomic mass is 10.7. The van der Waals surface area contributed by atoms with Gasteiger partial charge >= 0.3 is 0 Å². The number of hydrogen-bond acceptors (Lipinski definition) is 2. The molecule has 4 heteroatoms. The Balaban J connectivity index is 2.60. The fourth-order valence-corrected chi connectivity index (χ4v) is 1.29. The Kier molecular flexibility index (Phi) is 2.99. The fraction of sp³-hybridized carbons (Fsp3) is 0.429. The standard InChI is InChI=1S/C7H10N3S/c1-11-7-10-5-4-9(6-10)3-2-8/h4-6H,3,7H2,1H3/q+1. The molecule has 0 atom stereocenters. The topological polar surface area (TPSA) is 32.6 Å². The zero-order valence-electron chi connectivity index (χ0n) is 6.40. The molecule has 0 aliphatic heterocycles. The lowest BCUT2D eigenvalue weighted by Crippen LogP contribution is -2.28. The van der Waals surface area contributed by atoms with Gasteiger partial charge in [0.25, 0.3) is 0 Å². The maximum atomic E-state index is 8.37. The van der Waals surface area contributed by atoms with E-state index in [1.807, 2.05) is 27.9 Å². The summed E-state index contributed by atoms with van der Waals surface area (Å²) in [5.41, 5.74) is 0.